The number of likely N-dealkylation sites (N-methyl/N-ethyl adjacent to an activating group) is 1. The lowest BCUT2D eigenvalue weighted by molar-refractivity contribution is -0.401. The van der Waals surface area contributed by atoms with Crippen molar-refractivity contribution >= 4 is 64.1 Å². The van der Waals surface area contributed by atoms with Crippen LogP contribution in [0.5, 0.6) is 17.2 Å². The standard InChI is InChI=1S/C49H49N5O6S/c1-29-16-37-43(51(4)30(2)41-21-34-13-9-11-15-40(34)54(41)49(37)57)24-44(29)59-26-31-17-32(19-35(18-31)52(5)47(55)28-61-7)27-60-46-23-42-38(22-45(46)58-6)48(56)53-36(25-50(42)3)20-33-12-8-10-14-39(33)53/h8-19,22-24,30,36,41H,20-21,26-28H2,1-7H3/t30?,36-,41-/m0/s1. The number of benzene rings is 5. The van der Waals surface area contributed by atoms with Crippen molar-refractivity contribution in [2.24, 2.45) is 0 Å². The third-order valence-corrected chi connectivity index (χ3v) is 13.1. The summed E-state index contributed by atoms with van der Waals surface area (Å²) in [6.07, 6.45) is 6.90. The van der Waals surface area contributed by atoms with Gasteiger partial charge in [0.1, 0.15) is 31.8 Å². The number of rotatable bonds is 10. The number of ether oxygens (including phenoxy) is 3. The lowest BCUT2D eigenvalue weighted by atomic mass is 10.0. The first-order valence-corrected chi connectivity index (χ1v) is 21.9. The smallest absolute Gasteiger partial charge is 0.260 e. The molecule has 4 aliphatic rings. The number of para-hydroxylation sites is 2. The summed E-state index contributed by atoms with van der Waals surface area (Å²) in [4.78, 5) is 49.2. The zero-order valence-electron chi connectivity index (χ0n) is 35.5. The molecule has 3 amide bonds. The first-order chi connectivity index (χ1) is 29.4. The molecule has 61 heavy (non-hydrogen) atoms. The highest BCUT2D eigenvalue weighted by Crippen LogP contribution is 2.43. The van der Waals surface area contributed by atoms with Crippen molar-refractivity contribution in [2.75, 3.05) is 59.9 Å². The minimum Gasteiger partial charge on any atom is -0.493 e. The van der Waals surface area contributed by atoms with Crippen LogP contribution in [0.4, 0.5) is 28.4 Å². The quantitative estimate of drug-likeness (QED) is 0.104. The number of aryl methyl sites for hydroxylation is 1. The highest BCUT2D eigenvalue weighted by molar-refractivity contribution is 7.99. The van der Waals surface area contributed by atoms with Crippen LogP contribution >= 0.6 is 11.8 Å². The molecule has 4 aliphatic heterocycles. The summed E-state index contributed by atoms with van der Waals surface area (Å²) in [6, 6.07) is 29.4. The number of carbonyl (C=O) groups is 3. The molecule has 4 heterocycles. The van der Waals surface area contributed by atoms with Crippen molar-refractivity contribution in [3.63, 3.8) is 0 Å². The molecule has 0 N–H and O–H groups in total. The van der Waals surface area contributed by atoms with E-state index in [1.165, 1.54) is 17.3 Å². The molecular weight excluding hydrogens is 787 g/mol. The van der Waals surface area contributed by atoms with Crippen molar-refractivity contribution in [2.45, 2.75) is 58.0 Å². The van der Waals surface area contributed by atoms with E-state index in [2.05, 4.69) is 30.2 Å². The molecule has 0 spiro atoms. The van der Waals surface area contributed by atoms with E-state index in [1.807, 2.05) is 114 Å². The van der Waals surface area contributed by atoms with Gasteiger partial charge in [0.25, 0.3) is 5.91 Å². The van der Waals surface area contributed by atoms with Gasteiger partial charge >= 0.3 is 0 Å². The number of amides is 3. The Bertz CT molecular complexity index is 2640. The summed E-state index contributed by atoms with van der Waals surface area (Å²) < 4.78 is 20.8. The van der Waals surface area contributed by atoms with E-state index in [-0.39, 0.29) is 49.1 Å². The normalized spacial score (nSPS) is 18.5. The van der Waals surface area contributed by atoms with Gasteiger partial charge in [0, 0.05) is 61.1 Å². The van der Waals surface area contributed by atoms with E-state index >= 15 is 0 Å². The molecule has 0 radical (unpaired) electrons. The summed E-state index contributed by atoms with van der Waals surface area (Å²) in [7, 11) is 7.29. The molecule has 0 fully saturated rings. The fraction of sp³-hybridized carbons (Fsp3) is 0.306. The predicted molar refractivity (Wildman–Crippen MR) is 241 cm³/mol. The molecule has 3 atom stereocenters. The lowest BCUT2D eigenvalue weighted by Gasteiger charge is -2.32. The van der Waals surface area contributed by atoms with Gasteiger partial charge in [-0.05, 0) is 109 Å². The van der Waals surface area contributed by atoms with Gasteiger partial charge in [-0.15, -0.1) is 0 Å². The maximum Gasteiger partial charge on any atom is 0.260 e. The van der Waals surface area contributed by atoms with Crippen LogP contribution in [0.2, 0.25) is 0 Å². The van der Waals surface area contributed by atoms with Crippen LogP contribution in [0, 0.1) is 6.92 Å². The fourth-order valence-electron chi connectivity index (χ4n) is 9.19. The highest BCUT2D eigenvalue weighted by Gasteiger charge is 2.43. The van der Waals surface area contributed by atoms with Gasteiger partial charge in [0.2, 0.25) is 11.8 Å². The maximum atomic E-state index is 14.2. The molecule has 5 aromatic rings. The first-order valence-electron chi connectivity index (χ1n) is 20.5. The Kier molecular flexibility index (Phi) is 10.5. The second kappa shape index (κ2) is 16.0. The topological polar surface area (TPSA) is 94.9 Å². The van der Waals surface area contributed by atoms with E-state index in [4.69, 9.17) is 14.2 Å². The van der Waals surface area contributed by atoms with Crippen LogP contribution in [0.1, 0.15) is 55.5 Å². The average Bonchev–Trinajstić information content (AvgIpc) is 3.80. The van der Waals surface area contributed by atoms with Crippen molar-refractivity contribution in [1.82, 2.24) is 0 Å². The Morgan fingerprint density at radius 3 is 2.15 bits per heavy atom. The van der Waals surface area contributed by atoms with E-state index in [1.54, 1.807) is 25.1 Å². The largest absolute Gasteiger partial charge is 0.493 e. The van der Waals surface area contributed by atoms with Crippen LogP contribution in [0.15, 0.2) is 91.0 Å². The molecule has 1 unspecified atom stereocenters. The molecule has 0 bridgehead atoms. The molecular formula is C49H49N5O6S. The second-order valence-corrected chi connectivity index (χ2v) is 17.1. The van der Waals surface area contributed by atoms with E-state index < -0.39 is 0 Å². The number of nitrogens with zero attached hydrogens (tertiary/aromatic N) is 5. The van der Waals surface area contributed by atoms with Crippen LogP contribution in [-0.4, -0.2) is 86.9 Å². The van der Waals surface area contributed by atoms with Crippen molar-refractivity contribution in [3.05, 3.63) is 130 Å². The van der Waals surface area contributed by atoms with Crippen LogP contribution in [-0.2, 0) is 30.8 Å². The predicted octanol–water partition coefficient (Wildman–Crippen LogP) is 7.70. The lowest BCUT2D eigenvalue weighted by Crippen LogP contribution is -2.47. The Hall–Kier alpha value is -6.27. The molecule has 0 aliphatic carbocycles. The van der Waals surface area contributed by atoms with Gasteiger partial charge < -0.3 is 38.4 Å². The third-order valence-electron chi connectivity index (χ3n) is 12.6. The molecule has 9 rings (SSSR count). The van der Waals surface area contributed by atoms with E-state index in [9.17, 15) is 14.4 Å². The minimum atomic E-state index is -0.232. The van der Waals surface area contributed by atoms with Gasteiger partial charge in [0.05, 0.1) is 35.8 Å². The van der Waals surface area contributed by atoms with Crippen LogP contribution < -0.4 is 33.8 Å². The number of hydrogen-bond acceptors (Lipinski definition) is 8. The molecule has 12 heteroatoms. The third kappa shape index (κ3) is 7.06. The number of anilines is 4. The summed E-state index contributed by atoms with van der Waals surface area (Å²) >= 11 is 1.47. The average molecular weight is 836 g/mol. The summed E-state index contributed by atoms with van der Waals surface area (Å²) in [6.45, 7) is 4.50. The molecule has 0 saturated heterocycles. The molecule has 0 saturated carbocycles. The first kappa shape index (κ1) is 40.2. The Labute approximate surface area is 361 Å². The number of methoxy groups -OCH3 is 1. The molecule has 0 aromatic heterocycles. The maximum absolute atomic E-state index is 14.2. The van der Waals surface area contributed by atoms with Gasteiger partial charge in [-0.2, -0.15) is 11.8 Å². The van der Waals surface area contributed by atoms with Gasteiger partial charge in [0.15, 0.2) is 5.75 Å². The molecule has 11 nitrogen and oxygen atoms in total. The van der Waals surface area contributed by atoms with Gasteiger partial charge in [-0.25, -0.2) is 0 Å². The second-order valence-electron chi connectivity index (χ2n) is 16.3. The highest BCUT2D eigenvalue weighted by atomic mass is 32.2. The minimum absolute atomic E-state index is 0.00202. The van der Waals surface area contributed by atoms with E-state index in [0.717, 1.165) is 45.7 Å². The molecule has 312 valence electrons. The van der Waals surface area contributed by atoms with Gasteiger partial charge in [-0.1, -0.05) is 36.4 Å². The zero-order valence-corrected chi connectivity index (χ0v) is 36.3. The Balaban J connectivity index is 0.994. The van der Waals surface area contributed by atoms with Gasteiger partial charge in [-0.3, -0.25) is 14.4 Å². The summed E-state index contributed by atoms with van der Waals surface area (Å²) in [5, 5.41) is 0. The number of carbonyl (C=O) groups excluding carboxylic acids is 3. The van der Waals surface area contributed by atoms with Crippen LogP contribution in [0.3, 0.4) is 0 Å². The summed E-state index contributed by atoms with van der Waals surface area (Å²) in [5.74, 6) is 1.76. The van der Waals surface area contributed by atoms with E-state index in [0.29, 0.717) is 51.9 Å². The van der Waals surface area contributed by atoms with Crippen molar-refractivity contribution in [1.29, 1.82) is 0 Å². The molecule has 5 aromatic carbocycles. The number of hydrogen-bond donors (Lipinski definition) is 0. The van der Waals surface area contributed by atoms with Crippen molar-refractivity contribution in [3.8, 4) is 17.2 Å². The van der Waals surface area contributed by atoms with Crippen LogP contribution in [0.25, 0.3) is 0 Å². The van der Waals surface area contributed by atoms with Crippen molar-refractivity contribution < 1.29 is 33.2 Å². The Morgan fingerprint density at radius 1 is 0.820 bits per heavy atom. The monoisotopic (exact) mass is 835 g/mol. The summed E-state index contributed by atoms with van der Waals surface area (Å²) in [5.41, 5.74) is 10.1. The number of fused-ring (bicyclic) bond motifs is 8. The number of thioether (sulfide) groups is 1. The fourth-order valence-corrected chi connectivity index (χ4v) is 9.63. The Morgan fingerprint density at radius 2 is 1.46 bits per heavy atom. The zero-order chi connectivity index (χ0) is 42.7. The SMILES string of the molecule is COc1cc2c(cc1OCc1cc(COc3cc4c(cc3C)C(=O)N3c5ccccc5C[C@H]3C(C)N4C)cc(N(C)C(=O)CSC)c1)[N+](C)=[C-][C@@H]1Cc3ccccc3N1C2=O.